The third-order valence-corrected chi connectivity index (χ3v) is 5.45. The van der Waals surface area contributed by atoms with Crippen LogP contribution >= 0.6 is 15.9 Å². The molecule has 0 radical (unpaired) electrons. The number of alkyl halides is 1. The van der Waals surface area contributed by atoms with Gasteiger partial charge in [0.2, 0.25) is 0 Å². The standard InChI is InChI=1S/C22H21BrN2O3/c1-27-20-11-18-19(12-21(20)28-9-5-8-23)24-13-17-10-16(14-25(17)22(18)26)15-6-3-2-4-7-15/h2-4,6-7,11-14,17H,5,8-10H2,1H3/t17-/m0/s1. The smallest absolute Gasteiger partial charge is 0.260 e. The Bertz CT molecular complexity index is 940. The first-order valence-corrected chi connectivity index (χ1v) is 10.4. The van der Waals surface area contributed by atoms with E-state index in [1.54, 1.807) is 24.1 Å². The predicted octanol–water partition coefficient (Wildman–Crippen LogP) is 4.83. The van der Waals surface area contributed by atoms with Crippen LogP contribution in [0, 0.1) is 0 Å². The highest BCUT2D eigenvalue weighted by Gasteiger charge is 2.33. The summed E-state index contributed by atoms with van der Waals surface area (Å²) in [5.74, 6) is 1.07. The number of carbonyl (C=O) groups excluding carboxylic acids is 1. The molecule has 2 aromatic carbocycles. The number of ether oxygens (including phenoxy) is 2. The van der Waals surface area contributed by atoms with Gasteiger partial charge in [0.15, 0.2) is 11.5 Å². The second-order valence-corrected chi connectivity index (χ2v) is 7.49. The van der Waals surface area contributed by atoms with Crippen LogP contribution in [0.15, 0.2) is 53.7 Å². The summed E-state index contributed by atoms with van der Waals surface area (Å²) in [6, 6.07) is 13.6. The lowest BCUT2D eigenvalue weighted by molar-refractivity contribution is 0.0817. The number of hydrogen-bond donors (Lipinski definition) is 0. The van der Waals surface area contributed by atoms with Crippen molar-refractivity contribution < 1.29 is 14.3 Å². The summed E-state index contributed by atoms with van der Waals surface area (Å²) in [6.45, 7) is 0.565. The van der Waals surface area contributed by atoms with Gasteiger partial charge in [-0.05, 0) is 23.6 Å². The second-order valence-electron chi connectivity index (χ2n) is 6.69. The van der Waals surface area contributed by atoms with Gasteiger partial charge in [0, 0.05) is 30.2 Å². The monoisotopic (exact) mass is 440 g/mol. The van der Waals surface area contributed by atoms with Crippen LogP contribution in [0.5, 0.6) is 11.5 Å². The van der Waals surface area contributed by atoms with Crippen molar-refractivity contribution in [1.29, 1.82) is 0 Å². The fourth-order valence-electron chi connectivity index (χ4n) is 3.46. The topological polar surface area (TPSA) is 51.1 Å². The fourth-order valence-corrected chi connectivity index (χ4v) is 3.69. The molecule has 1 atom stereocenters. The molecular weight excluding hydrogens is 420 g/mol. The average Bonchev–Trinajstić information content (AvgIpc) is 3.12. The third-order valence-electron chi connectivity index (χ3n) is 4.89. The lowest BCUT2D eigenvalue weighted by atomic mass is 10.0. The van der Waals surface area contributed by atoms with Crippen molar-refractivity contribution in [3.05, 3.63) is 59.8 Å². The molecule has 0 N–H and O–H groups in total. The molecule has 2 aliphatic heterocycles. The number of fused-ring (bicyclic) bond motifs is 2. The molecule has 6 heteroatoms. The lowest BCUT2D eigenvalue weighted by Crippen LogP contribution is -2.32. The fraction of sp³-hybridized carbons (Fsp3) is 0.273. The van der Waals surface area contributed by atoms with Gasteiger partial charge in [0.05, 0.1) is 31.0 Å². The lowest BCUT2D eigenvalue weighted by Gasteiger charge is -2.19. The third kappa shape index (κ3) is 3.56. The van der Waals surface area contributed by atoms with Gasteiger partial charge in [0.1, 0.15) is 0 Å². The van der Waals surface area contributed by atoms with Crippen molar-refractivity contribution >= 4 is 39.3 Å². The van der Waals surface area contributed by atoms with Crippen molar-refractivity contribution in [3.63, 3.8) is 0 Å². The van der Waals surface area contributed by atoms with Crippen LogP contribution in [0.4, 0.5) is 5.69 Å². The molecule has 0 unspecified atom stereocenters. The summed E-state index contributed by atoms with van der Waals surface area (Å²) >= 11 is 3.40. The highest BCUT2D eigenvalue weighted by molar-refractivity contribution is 9.09. The molecule has 0 saturated heterocycles. The number of aliphatic imine (C=N–C) groups is 1. The molecule has 2 aliphatic rings. The molecule has 0 fully saturated rings. The Balaban J connectivity index is 1.66. The maximum Gasteiger partial charge on any atom is 0.260 e. The first-order valence-electron chi connectivity index (χ1n) is 9.25. The molecule has 0 spiro atoms. The summed E-state index contributed by atoms with van der Waals surface area (Å²) in [5, 5.41) is 0.865. The number of amides is 1. The summed E-state index contributed by atoms with van der Waals surface area (Å²) in [5.41, 5.74) is 3.40. The Kier molecular flexibility index (Phi) is 5.48. The zero-order valence-electron chi connectivity index (χ0n) is 15.6. The summed E-state index contributed by atoms with van der Waals surface area (Å²) < 4.78 is 11.3. The van der Waals surface area contributed by atoms with E-state index >= 15 is 0 Å². The number of benzene rings is 2. The SMILES string of the molecule is COc1cc2c(cc1OCCCBr)N=C[C@@H]1CC(c3ccccc3)=CN1C2=O. The van der Waals surface area contributed by atoms with E-state index in [1.807, 2.05) is 30.6 Å². The van der Waals surface area contributed by atoms with Crippen molar-refractivity contribution in [2.24, 2.45) is 4.99 Å². The van der Waals surface area contributed by atoms with E-state index in [1.165, 1.54) is 0 Å². The Morgan fingerprint density at radius 1 is 1.21 bits per heavy atom. The van der Waals surface area contributed by atoms with Gasteiger partial charge in [-0.2, -0.15) is 0 Å². The number of rotatable bonds is 6. The van der Waals surface area contributed by atoms with Gasteiger partial charge in [0.25, 0.3) is 5.91 Å². The number of carbonyl (C=O) groups is 1. The molecule has 144 valence electrons. The quantitative estimate of drug-likeness (QED) is 0.477. The van der Waals surface area contributed by atoms with E-state index in [4.69, 9.17) is 9.47 Å². The minimum atomic E-state index is -0.0844. The van der Waals surface area contributed by atoms with Crippen LogP contribution in [-0.4, -0.2) is 42.1 Å². The number of hydrogen-bond acceptors (Lipinski definition) is 4. The Morgan fingerprint density at radius 2 is 2.04 bits per heavy atom. The van der Waals surface area contributed by atoms with E-state index < -0.39 is 0 Å². The normalized spacial score (nSPS) is 17.6. The van der Waals surface area contributed by atoms with Crippen LogP contribution in [-0.2, 0) is 0 Å². The maximum atomic E-state index is 13.2. The number of halogens is 1. The van der Waals surface area contributed by atoms with Gasteiger partial charge in [-0.1, -0.05) is 46.3 Å². The van der Waals surface area contributed by atoms with E-state index in [2.05, 4.69) is 33.1 Å². The largest absolute Gasteiger partial charge is 0.493 e. The Hall–Kier alpha value is -2.60. The summed E-state index contributed by atoms with van der Waals surface area (Å²) in [4.78, 5) is 19.6. The van der Waals surface area contributed by atoms with Gasteiger partial charge >= 0.3 is 0 Å². The van der Waals surface area contributed by atoms with Crippen LogP contribution in [0.2, 0.25) is 0 Å². The number of nitrogens with zero attached hydrogens (tertiary/aromatic N) is 2. The highest BCUT2D eigenvalue weighted by atomic mass is 79.9. The predicted molar refractivity (Wildman–Crippen MR) is 114 cm³/mol. The molecule has 28 heavy (non-hydrogen) atoms. The minimum Gasteiger partial charge on any atom is -0.493 e. The zero-order valence-corrected chi connectivity index (χ0v) is 17.2. The summed E-state index contributed by atoms with van der Waals surface area (Å²) in [6.07, 6.45) is 5.42. The Morgan fingerprint density at radius 3 is 2.79 bits per heavy atom. The molecule has 4 rings (SSSR count). The molecule has 0 aromatic heterocycles. The van der Waals surface area contributed by atoms with E-state index in [0.717, 1.165) is 29.3 Å². The second kappa shape index (κ2) is 8.19. The van der Waals surface area contributed by atoms with Crippen LogP contribution in [0.3, 0.4) is 0 Å². The molecule has 0 bridgehead atoms. The highest BCUT2D eigenvalue weighted by Crippen LogP contribution is 2.39. The van der Waals surface area contributed by atoms with Crippen LogP contribution in [0.25, 0.3) is 5.57 Å². The van der Waals surface area contributed by atoms with Crippen molar-refractivity contribution in [1.82, 2.24) is 4.90 Å². The average molecular weight is 441 g/mol. The van der Waals surface area contributed by atoms with Gasteiger partial charge in [-0.15, -0.1) is 0 Å². The van der Waals surface area contributed by atoms with Crippen LogP contribution < -0.4 is 9.47 Å². The molecule has 2 heterocycles. The molecule has 1 amide bonds. The van der Waals surface area contributed by atoms with E-state index in [0.29, 0.717) is 29.4 Å². The van der Waals surface area contributed by atoms with Gasteiger partial charge in [-0.25, -0.2) is 0 Å². The zero-order chi connectivity index (χ0) is 19.5. The van der Waals surface area contributed by atoms with Crippen LogP contribution in [0.1, 0.15) is 28.8 Å². The molecule has 5 nitrogen and oxygen atoms in total. The van der Waals surface area contributed by atoms with Gasteiger partial charge in [-0.3, -0.25) is 9.79 Å². The van der Waals surface area contributed by atoms with Crippen molar-refractivity contribution in [2.45, 2.75) is 18.9 Å². The molecule has 0 aliphatic carbocycles. The van der Waals surface area contributed by atoms with E-state index in [-0.39, 0.29) is 11.9 Å². The van der Waals surface area contributed by atoms with Crippen molar-refractivity contribution in [3.8, 4) is 11.5 Å². The first-order chi connectivity index (χ1) is 13.7. The molecule has 0 saturated carbocycles. The minimum absolute atomic E-state index is 0.0752. The Labute approximate surface area is 172 Å². The van der Waals surface area contributed by atoms with E-state index in [9.17, 15) is 4.79 Å². The maximum absolute atomic E-state index is 13.2. The molecule has 2 aromatic rings. The van der Waals surface area contributed by atoms with Gasteiger partial charge < -0.3 is 14.4 Å². The first kappa shape index (κ1) is 18.7. The van der Waals surface area contributed by atoms with Crippen molar-refractivity contribution in [2.75, 3.05) is 19.0 Å². The summed E-state index contributed by atoms with van der Waals surface area (Å²) in [7, 11) is 1.58. The molecular formula is C22H21BrN2O3. The number of methoxy groups -OCH3 is 1.